The lowest BCUT2D eigenvalue weighted by Gasteiger charge is -2.36. The summed E-state index contributed by atoms with van der Waals surface area (Å²) in [7, 11) is 0. The quantitative estimate of drug-likeness (QED) is 0.443. The van der Waals surface area contributed by atoms with Crippen LogP contribution in [0.3, 0.4) is 0 Å². The highest BCUT2D eigenvalue weighted by Gasteiger charge is 2.25. The molecule has 2 aromatic carbocycles. The van der Waals surface area contributed by atoms with Crippen LogP contribution in [0.25, 0.3) is 11.4 Å². The largest absolute Gasteiger partial charge is 0.488 e. The second kappa shape index (κ2) is 11.9. The van der Waals surface area contributed by atoms with E-state index < -0.39 is 5.82 Å². The van der Waals surface area contributed by atoms with Gasteiger partial charge in [-0.2, -0.15) is 0 Å². The molecule has 3 aromatic rings. The minimum absolute atomic E-state index is 0.223. The fourth-order valence-electron chi connectivity index (χ4n) is 4.62. The van der Waals surface area contributed by atoms with E-state index in [4.69, 9.17) is 26.2 Å². The normalized spacial score (nSPS) is 14.2. The number of aromatic nitrogens is 2. The molecule has 0 atom stereocenters. The molecule has 202 valence electrons. The third kappa shape index (κ3) is 6.28. The number of nitrogens with zero attached hydrogens (tertiary/aromatic N) is 4. The zero-order chi connectivity index (χ0) is 27.4. The molecular formula is C29H37FN6O2. The molecule has 1 aliphatic heterocycles. The molecule has 2 heterocycles. The van der Waals surface area contributed by atoms with Crippen molar-refractivity contribution in [1.82, 2.24) is 14.9 Å². The van der Waals surface area contributed by atoms with E-state index in [1.165, 1.54) is 11.6 Å². The molecule has 1 fully saturated rings. The van der Waals surface area contributed by atoms with Crippen LogP contribution in [0.2, 0.25) is 0 Å². The Labute approximate surface area is 223 Å². The molecule has 4 rings (SSSR count). The summed E-state index contributed by atoms with van der Waals surface area (Å²) >= 11 is 0. The Morgan fingerprint density at radius 3 is 2.47 bits per heavy atom. The molecule has 0 spiro atoms. The molecule has 38 heavy (non-hydrogen) atoms. The van der Waals surface area contributed by atoms with E-state index in [0.29, 0.717) is 55.8 Å². The van der Waals surface area contributed by atoms with Crippen LogP contribution in [0.5, 0.6) is 5.75 Å². The first kappa shape index (κ1) is 27.5. The maximum atomic E-state index is 14.9. The van der Waals surface area contributed by atoms with E-state index in [1.54, 1.807) is 12.1 Å². The van der Waals surface area contributed by atoms with Gasteiger partial charge in [0, 0.05) is 32.7 Å². The van der Waals surface area contributed by atoms with Crippen molar-refractivity contribution in [3.8, 4) is 17.1 Å². The SMILES string of the molecule is Cc1ccc(C(C)C)cc1OCc1c(C)nc(-c2cc(CN)ccc2F)nc1N1CCN(CC(N)=O)CC1. The fourth-order valence-corrected chi connectivity index (χ4v) is 4.62. The van der Waals surface area contributed by atoms with Crippen molar-refractivity contribution in [2.45, 2.75) is 46.8 Å². The Morgan fingerprint density at radius 2 is 1.82 bits per heavy atom. The van der Waals surface area contributed by atoms with Gasteiger partial charge in [0.05, 0.1) is 23.4 Å². The number of amides is 1. The number of nitrogens with two attached hydrogens (primary N) is 2. The zero-order valence-corrected chi connectivity index (χ0v) is 22.6. The van der Waals surface area contributed by atoms with Gasteiger partial charge < -0.3 is 21.1 Å². The predicted octanol–water partition coefficient (Wildman–Crippen LogP) is 3.67. The van der Waals surface area contributed by atoms with Crippen molar-refractivity contribution in [2.75, 3.05) is 37.6 Å². The summed E-state index contributed by atoms with van der Waals surface area (Å²) in [6.07, 6.45) is 0. The molecule has 0 saturated carbocycles. The van der Waals surface area contributed by atoms with Gasteiger partial charge in [-0.05, 0) is 54.7 Å². The summed E-state index contributed by atoms with van der Waals surface area (Å²) in [6.45, 7) is 11.6. The molecule has 0 radical (unpaired) electrons. The van der Waals surface area contributed by atoms with Gasteiger partial charge in [-0.3, -0.25) is 9.69 Å². The van der Waals surface area contributed by atoms with Crippen LogP contribution in [0.15, 0.2) is 36.4 Å². The number of hydrogen-bond donors (Lipinski definition) is 2. The molecule has 1 aliphatic rings. The van der Waals surface area contributed by atoms with Gasteiger partial charge >= 0.3 is 0 Å². The van der Waals surface area contributed by atoms with Crippen LogP contribution in [-0.2, 0) is 17.9 Å². The predicted molar refractivity (Wildman–Crippen MR) is 148 cm³/mol. The Bertz CT molecular complexity index is 1300. The number of benzene rings is 2. The van der Waals surface area contributed by atoms with Crippen molar-refractivity contribution in [3.63, 3.8) is 0 Å². The molecule has 8 nitrogen and oxygen atoms in total. The maximum Gasteiger partial charge on any atom is 0.231 e. The summed E-state index contributed by atoms with van der Waals surface area (Å²) in [5.74, 6) is 1.48. The topological polar surface area (TPSA) is 111 Å². The zero-order valence-electron chi connectivity index (χ0n) is 22.6. The molecule has 4 N–H and O–H groups in total. The molecule has 1 aromatic heterocycles. The average molecular weight is 521 g/mol. The van der Waals surface area contributed by atoms with Crippen LogP contribution < -0.4 is 21.1 Å². The Hall–Kier alpha value is -3.56. The van der Waals surface area contributed by atoms with Crippen LogP contribution in [0, 0.1) is 19.7 Å². The monoisotopic (exact) mass is 520 g/mol. The number of halogens is 1. The van der Waals surface area contributed by atoms with Crippen molar-refractivity contribution >= 4 is 11.7 Å². The van der Waals surface area contributed by atoms with E-state index in [-0.39, 0.29) is 19.1 Å². The van der Waals surface area contributed by atoms with Gasteiger partial charge in [-0.1, -0.05) is 32.0 Å². The minimum Gasteiger partial charge on any atom is -0.488 e. The molecule has 9 heteroatoms. The first-order valence-corrected chi connectivity index (χ1v) is 13.0. The van der Waals surface area contributed by atoms with Gasteiger partial charge in [0.15, 0.2) is 5.82 Å². The maximum absolute atomic E-state index is 14.9. The van der Waals surface area contributed by atoms with E-state index in [2.05, 4.69) is 36.9 Å². The molecular weight excluding hydrogens is 483 g/mol. The number of ether oxygens (including phenoxy) is 1. The third-order valence-corrected chi connectivity index (χ3v) is 7.00. The second-order valence-corrected chi connectivity index (χ2v) is 10.2. The van der Waals surface area contributed by atoms with Gasteiger partial charge in [-0.25, -0.2) is 14.4 Å². The Morgan fingerprint density at radius 1 is 1.08 bits per heavy atom. The van der Waals surface area contributed by atoms with Gasteiger partial charge in [0.2, 0.25) is 5.91 Å². The average Bonchev–Trinajstić information content (AvgIpc) is 2.88. The standard InChI is InChI=1S/C29H37FN6O2/c1-18(2)22-7-5-19(3)26(14-22)38-17-24-20(4)33-28(23-13-21(15-31)6-8-25(23)30)34-29(24)36-11-9-35(10-12-36)16-27(32)37/h5-8,13-14,18H,9-12,15-17,31H2,1-4H3,(H2,32,37). The van der Waals surface area contributed by atoms with Crippen LogP contribution >= 0.6 is 0 Å². The third-order valence-electron chi connectivity index (χ3n) is 7.00. The Kier molecular flexibility index (Phi) is 8.58. The van der Waals surface area contributed by atoms with Gasteiger partial charge in [0.1, 0.15) is 24.0 Å². The summed E-state index contributed by atoms with van der Waals surface area (Å²) in [4.78, 5) is 25.1. The number of rotatable bonds is 9. The highest BCUT2D eigenvalue weighted by Crippen LogP contribution is 2.31. The summed E-state index contributed by atoms with van der Waals surface area (Å²) in [6, 6.07) is 11.1. The molecule has 0 bridgehead atoms. The van der Waals surface area contributed by atoms with Crippen molar-refractivity contribution in [3.05, 3.63) is 70.2 Å². The van der Waals surface area contributed by atoms with E-state index in [0.717, 1.165) is 28.1 Å². The fraction of sp³-hybridized carbons (Fsp3) is 0.414. The minimum atomic E-state index is -0.399. The molecule has 0 unspecified atom stereocenters. The van der Waals surface area contributed by atoms with Gasteiger partial charge in [-0.15, -0.1) is 0 Å². The van der Waals surface area contributed by atoms with Crippen LogP contribution in [0.4, 0.5) is 10.2 Å². The lowest BCUT2D eigenvalue weighted by Crippen LogP contribution is -2.49. The first-order chi connectivity index (χ1) is 18.2. The van der Waals surface area contributed by atoms with Crippen molar-refractivity contribution in [2.24, 2.45) is 11.5 Å². The second-order valence-electron chi connectivity index (χ2n) is 10.2. The van der Waals surface area contributed by atoms with Crippen molar-refractivity contribution < 1.29 is 13.9 Å². The van der Waals surface area contributed by atoms with E-state index >= 15 is 0 Å². The van der Waals surface area contributed by atoms with Crippen molar-refractivity contribution in [1.29, 1.82) is 0 Å². The number of aryl methyl sites for hydroxylation is 2. The lowest BCUT2D eigenvalue weighted by molar-refractivity contribution is -0.119. The summed E-state index contributed by atoms with van der Waals surface area (Å²) < 4.78 is 21.2. The number of hydrogen-bond acceptors (Lipinski definition) is 7. The highest BCUT2D eigenvalue weighted by atomic mass is 19.1. The number of primary amides is 1. The smallest absolute Gasteiger partial charge is 0.231 e. The summed E-state index contributed by atoms with van der Waals surface area (Å²) in [5.41, 5.74) is 16.1. The number of anilines is 1. The Balaban J connectivity index is 1.70. The molecule has 0 aliphatic carbocycles. The molecule has 1 saturated heterocycles. The number of carbonyl (C=O) groups excluding carboxylic acids is 1. The first-order valence-electron chi connectivity index (χ1n) is 13.0. The van der Waals surface area contributed by atoms with Crippen LogP contribution in [0.1, 0.15) is 47.7 Å². The lowest BCUT2D eigenvalue weighted by atomic mass is 10.0. The molecule has 1 amide bonds. The number of carbonyl (C=O) groups is 1. The number of piperazine rings is 1. The van der Waals surface area contributed by atoms with Gasteiger partial charge in [0.25, 0.3) is 0 Å². The summed E-state index contributed by atoms with van der Waals surface area (Å²) in [5, 5.41) is 0. The van der Waals surface area contributed by atoms with E-state index in [1.807, 2.05) is 18.7 Å². The van der Waals surface area contributed by atoms with Crippen LogP contribution in [-0.4, -0.2) is 53.5 Å². The highest BCUT2D eigenvalue weighted by molar-refractivity contribution is 5.76. The van der Waals surface area contributed by atoms with E-state index in [9.17, 15) is 9.18 Å².